The summed E-state index contributed by atoms with van der Waals surface area (Å²) in [5, 5.41) is 12.8. The Bertz CT molecular complexity index is 1200. The van der Waals surface area contributed by atoms with Gasteiger partial charge < -0.3 is 15.3 Å². The van der Waals surface area contributed by atoms with Gasteiger partial charge in [0.15, 0.2) is 0 Å². The highest BCUT2D eigenvalue weighted by Gasteiger charge is 2.40. The van der Waals surface area contributed by atoms with Crippen molar-refractivity contribution in [1.29, 1.82) is 0 Å². The fourth-order valence-corrected chi connectivity index (χ4v) is 4.24. The van der Waals surface area contributed by atoms with Crippen molar-refractivity contribution >= 4 is 51.5 Å². The van der Waals surface area contributed by atoms with Crippen molar-refractivity contribution < 1.29 is 27.9 Å². The molecule has 35 heavy (non-hydrogen) atoms. The molecule has 0 aliphatic carbocycles. The monoisotopic (exact) mass is 526 g/mol. The number of fused-ring (bicyclic) bond motifs is 1. The molecule has 0 bridgehead atoms. The normalized spacial score (nSPS) is 12.4. The molecule has 1 atom stereocenters. The molecule has 0 aliphatic heterocycles. The average Bonchev–Trinajstić information content (AvgIpc) is 2.82. The van der Waals surface area contributed by atoms with Crippen molar-refractivity contribution in [2.24, 2.45) is 0 Å². The molecule has 5 nitrogen and oxygen atoms in total. The number of carboxylic acids is 1. The molecule has 3 rings (SSSR count). The fraction of sp³-hybridized carbons (Fsp3) is 0.280. The van der Waals surface area contributed by atoms with Crippen LogP contribution in [0.5, 0.6) is 0 Å². The Morgan fingerprint density at radius 3 is 2.23 bits per heavy atom. The van der Waals surface area contributed by atoms with E-state index in [0.29, 0.717) is 30.4 Å². The third-order valence-electron chi connectivity index (χ3n) is 5.47. The first-order chi connectivity index (χ1) is 16.6. The third kappa shape index (κ3) is 6.80. The van der Waals surface area contributed by atoms with Gasteiger partial charge in [0.25, 0.3) is 0 Å². The Labute approximate surface area is 210 Å². The number of amides is 1. The minimum Gasteiger partial charge on any atom is -0.480 e. The maximum absolute atomic E-state index is 12.6. The highest BCUT2D eigenvalue weighted by molar-refractivity contribution is 6.18. The van der Waals surface area contributed by atoms with Crippen molar-refractivity contribution in [3.05, 3.63) is 66.2 Å². The number of carbonyl (C=O) groups excluding carboxylic acids is 1. The van der Waals surface area contributed by atoms with Crippen LogP contribution in [0.1, 0.15) is 5.56 Å². The number of rotatable bonds is 10. The van der Waals surface area contributed by atoms with Gasteiger partial charge in [0, 0.05) is 42.3 Å². The summed E-state index contributed by atoms with van der Waals surface area (Å²) in [6, 6.07) is 16.9. The van der Waals surface area contributed by atoms with Crippen molar-refractivity contribution in [3.8, 4) is 11.1 Å². The highest BCUT2D eigenvalue weighted by Crippen LogP contribution is 2.31. The number of carboxylic acid groups (broad SMARTS) is 1. The molecule has 0 saturated heterocycles. The zero-order chi connectivity index (χ0) is 25.6. The number of halogens is 5. The molecule has 2 N–H and O–H groups in total. The summed E-state index contributed by atoms with van der Waals surface area (Å²) < 4.78 is 37.7. The van der Waals surface area contributed by atoms with Gasteiger partial charge in [-0.2, -0.15) is 13.2 Å². The molecule has 0 saturated carbocycles. The average molecular weight is 527 g/mol. The summed E-state index contributed by atoms with van der Waals surface area (Å²) in [6.45, 7) is 1.29. The Balaban J connectivity index is 1.89. The van der Waals surface area contributed by atoms with E-state index in [1.165, 1.54) is 5.32 Å². The van der Waals surface area contributed by atoms with E-state index in [-0.39, 0.29) is 6.42 Å². The van der Waals surface area contributed by atoms with E-state index < -0.39 is 24.1 Å². The SMILES string of the molecule is O=C(O)[C@H](Cc1cccc(-c2ccc3c(N(CCCl)CCCl)cccc3c2)c1)NC(=O)C(F)(F)F. The third-order valence-corrected chi connectivity index (χ3v) is 5.81. The number of carbonyl (C=O) groups is 2. The largest absolute Gasteiger partial charge is 0.480 e. The quantitative estimate of drug-likeness (QED) is 0.344. The lowest BCUT2D eigenvalue weighted by atomic mass is 9.97. The van der Waals surface area contributed by atoms with Gasteiger partial charge in [-0.3, -0.25) is 4.79 Å². The van der Waals surface area contributed by atoms with Crippen LogP contribution in [-0.4, -0.2) is 54.1 Å². The van der Waals surface area contributed by atoms with E-state index in [1.807, 2.05) is 42.5 Å². The van der Waals surface area contributed by atoms with Gasteiger partial charge in [-0.25, -0.2) is 4.79 Å². The molecule has 3 aromatic carbocycles. The van der Waals surface area contributed by atoms with E-state index in [1.54, 1.807) is 18.2 Å². The van der Waals surface area contributed by atoms with Crippen LogP contribution >= 0.6 is 23.2 Å². The van der Waals surface area contributed by atoms with Crippen LogP contribution < -0.4 is 10.2 Å². The molecule has 0 unspecified atom stereocenters. The molecule has 3 aromatic rings. The predicted octanol–water partition coefficient (Wildman–Crippen LogP) is 5.47. The lowest BCUT2D eigenvalue weighted by Crippen LogP contribution is -2.47. The van der Waals surface area contributed by atoms with Gasteiger partial charge in [0.1, 0.15) is 6.04 Å². The van der Waals surface area contributed by atoms with Crippen LogP contribution in [0.25, 0.3) is 21.9 Å². The van der Waals surface area contributed by atoms with Crippen LogP contribution in [0.3, 0.4) is 0 Å². The number of alkyl halides is 5. The van der Waals surface area contributed by atoms with Gasteiger partial charge in [0.05, 0.1) is 0 Å². The summed E-state index contributed by atoms with van der Waals surface area (Å²) in [5.74, 6) is -2.92. The second-order valence-corrected chi connectivity index (χ2v) is 8.60. The van der Waals surface area contributed by atoms with Crippen LogP contribution in [-0.2, 0) is 16.0 Å². The number of hydrogen-bond acceptors (Lipinski definition) is 3. The van der Waals surface area contributed by atoms with E-state index in [4.69, 9.17) is 23.2 Å². The fourth-order valence-electron chi connectivity index (χ4n) is 3.83. The van der Waals surface area contributed by atoms with Crippen molar-refractivity contribution in [1.82, 2.24) is 5.32 Å². The van der Waals surface area contributed by atoms with E-state index in [9.17, 15) is 27.9 Å². The van der Waals surface area contributed by atoms with Crippen LogP contribution in [0.15, 0.2) is 60.7 Å². The lowest BCUT2D eigenvalue weighted by Gasteiger charge is -2.24. The molecule has 10 heteroatoms. The summed E-state index contributed by atoms with van der Waals surface area (Å²) in [4.78, 5) is 24.8. The molecule has 186 valence electrons. The minimum absolute atomic E-state index is 0.297. The van der Waals surface area contributed by atoms with E-state index >= 15 is 0 Å². The van der Waals surface area contributed by atoms with Crippen molar-refractivity contribution in [3.63, 3.8) is 0 Å². The topological polar surface area (TPSA) is 69.6 Å². The highest BCUT2D eigenvalue weighted by atomic mass is 35.5. The van der Waals surface area contributed by atoms with E-state index in [2.05, 4.69) is 4.90 Å². The van der Waals surface area contributed by atoms with Crippen molar-refractivity contribution in [2.45, 2.75) is 18.6 Å². The molecule has 0 heterocycles. The van der Waals surface area contributed by atoms with Gasteiger partial charge >= 0.3 is 18.1 Å². The molecule has 1 amide bonds. The molecule has 0 aliphatic rings. The zero-order valence-electron chi connectivity index (χ0n) is 18.5. The van der Waals surface area contributed by atoms with Crippen LogP contribution in [0, 0.1) is 0 Å². The number of nitrogens with one attached hydrogen (secondary N) is 1. The number of nitrogens with zero attached hydrogens (tertiary/aromatic N) is 1. The van der Waals surface area contributed by atoms with Crippen molar-refractivity contribution in [2.75, 3.05) is 29.7 Å². The maximum atomic E-state index is 12.6. The lowest BCUT2D eigenvalue weighted by molar-refractivity contribution is -0.175. The molecule has 0 radical (unpaired) electrons. The summed E-state index contributed by atoms with van der Waals surface area (Å²) >= 11 is 11.9. The van der Waals surface area contributed by atoms with Gasteiger partial charge in [-0.15, -0.1) is 23.2 Å². The zero-order valence-corrected chi connectivity index (χ0v) is 20.0. The first-order valence-electron chi connectivity index (χ1n) is 10.7. The number of aliphatic carboxylic acids is 1. The maximum Gasteiger partial charge on any atom is 0.471 e. The first kappa shape index (κ1) is 26.6. The number of hydrogen-bond donors (Lipinski definition) is 2. The minimum atomic E-state index is -5.16. The number of anilines is 1. The number of benzene rings is 3. The first-order valence-corrected chi connectivity index (χ1v) is 11.8. The van der Waals surface area contributed by atoms with Crippen LogP contribution in [0.2, 0.25) is 0 Å². The Morgan fingerprint density at radius 2 is 1.60 bits per heavy atom. The molecule has 0 fully saturated rings. The van der Waals surface area contributed by atoms with Gasteiger partial charge in [0.2, 0.25) is 0 Å². The summed E-state index contributed by atoms with van der Waals surface area (Å²) in [7, 11) is 0. The molecule has 0 aromatic heterocycles. The summed E-state index contributed by atoms with van der Waals surface area (Å²) in [6.07, 6.45) is -5.46. The predicted molar refractivity (Wildman–Crippen MR) is 132 cm³/mol. The summed E-state index contributed by atoms with van der Waals surface area (Å²) in [5.41, 5.74) is 3.10. The Kier molecular flexibility index (Phi) is 8.86. The smallest absolute Gasteiger partial charge is 0.471 e. The molecular weight excluding hydrogens is 504 g/mol. The molecular formula is C25H23Cl2F3N2O3. The second kappa shape index (κ2) is 11.6. The van der Waals surface area contributed by atoms with Gasteiger partial charge in [-0.05, 0) is 34.2 Å². The van der Waals surface area contributed by atoms with Crippen LogP contribution in [0.4, 0.5) is 18.9 Å². The Morgan fingerprint density at radius 1 is 0.943 bits per heavy atom. The Hall–Kier alpha value is -2.97. The molecule has 0 spiro atoms. The van der Waals surface area contributed by atoms with Gasteiger partial charge in [-0.1, -0.05) is 48.5 Å². The standard InChI is InChI=1S/C25H23Cl2F3N2O3/c26-9-11-32(12-10-27)22-6-2-5-19-15-18(7-8-20(19)22)17-4-1-3-16(13-17)14-21(23(33)34)31-24(35)25(28,29)30/h1-8,13,15,21H,9-12,14H2,(H,31,35)(H,33,34)/t21-/m0/s1. The second-order valence-electron chi connectivity index (χ2n) is 7.84. The van der Waals surface area contributed by atoms with E-state index in [0.717, 1.165) is 27.6 Å².